The highest BCUT2D eigenvalue weighted by Crippen LogP contribution is 2.25. The predicted molar refractivity (Wildman–Crippen MR) is 51.9 cm³/mol. The third-order valence-electron chi connectivity index (χ3n) is 2.05. The zero-order valence-corrected chi connectivity index (χ0v) is 7.25. The smallest absolute Gasteiger partial charge is 0.126 e. The molecule has 4 N–H and O–H groups in total. The molecule has 1 saturated carbocycles. The maximum absolute atomic E-state index is 7.34. The van der Waals surface area contributed by atoms with Crippen molar-refractivity contribution in [3.63, 3.8) is 0 Å². The van der Waals surface area contributed by atoms with Crippen LogP contribution in [-0.4, -0.2) is 16.9 Å². The van der Waals surface area contributed by atoms with Gasteiger partial charge in [0, 0.05) is 24.1 Å². The van der Waals surface area contributed by atoms with Crippen LogP contribution in [0.1, 0.15) is 18.4 Å². The largest absolute Gasteiger partial charge is 0.384 e. The Labute approximate surface area is 76.7 Å². The molecular weight excluding hydrogens is 164 g/mol. The maximum atomic E-state index is 7.34. The number of rotatable bonds is 3. The topological polar surface area (TPSA) is 74.8 Å². The summed E-state index contributed by atoms with van der Waals surface area (Å²) in [5, 5.41) is 10.6. The maximum Gasteiger partial charge on any atom is 0.126 e. The molecule has 1 aromatic heterocycles. The molecule has 4 heteroatoms. The highest BCUT2D eigenvalue weighted by atomic mass is 15.0. The lowest BCUT2D eigenvalue weighted by Crippen LogP contribution is -2.15. The van der Waals surface area contributed by atoms with Gasteiger partial charge in [-0.05, 0) is 18.9 Å². The molecule has 0 amide bonds. The first-order valence-electron chi connectivity index (χ1n) is 4.32. The Morgan fingerprint density at radius 3 is 3.00 bits per heavy atom. The van der Waals surface area contributed by atoms with E-state index in [-0.39, 0.29) is 5.84 Å². The van der Waals surface area contributed by atoms with Crippen molar-refractivity contribution < 1.29 is 0 Å². The van der Waals surface area contributed by atoms with Crippen molar-refractivity contribution in [1.82, 2.24) is 4.98 Å². The summed E-state index contributed by atoms with van der Waals surface area (Å²) >= 11 is 0. The van der Waals surface area contributed by atoms with Crippen molar-refractivity contribution in [3.05, 3.63) is 24.0 Å². The molecule has 0 radical (unpaired) electrons. The lowest BCUT2D eigenvalue weighted by atomic mass is 10.2. The summed E-state index contributed by atoms with van der Waals surface area (Å²) in [5.41, 5.74) is 7.02. The van der Waals surface area contributed by atoms with Crippen LogP contribution in [0, 0.1) is 5.41 Å². The van der Waals surface area contributed by atoms with Gasteiger partial charge in [0.2, 0.25) is 0 Å². The van der Waals surface area contributed by atoms with Gasteiger partial charge in [0.05, 0.1) is 5.56 Å². The molecule has 0 bridgehead atoms. The van der Waals surface area contributed by atoms with Crippen LogP contribution in [0.15, 0.2) is 18.5 Å². The van der Waals surface area contributed by atoms with Crippen LogP contribution in [0.25, 0.3) is 0 Å². The Hall–Kier alpha value is -1.58. The number of hydrogen-bond donors (Lipinski definition) is 3. The molecule has 2 rings (SSSR count). The van der Waals surface area contributed by atoms with Crippen molar-refractivity contribution in [2.75, 3.05) is 5.32 Å². The van der Waals surface area contributed by atoms with E-state index in [9.17, 15) is 0 Å². The van der Waals surface area contributed by atoms with Gasteiger partial charge in [-0.25, -0.2) is 0 Å². The first-order chi connectivity index (χ1) is 6.27. The Balaban J connectivity index is 2.25. The first-order valence-corrected chi connectivity index (χ1v) is 4.32. The molecule has 4 nitrogen and oxygen atoms in total. The minimum Gasteiger partial charge on any atom is -0.384 e. The van der Waals surface area contributed by atoms with Crippen LogP contribution >= 0.6 is 0 Å². The van der Waals surface area contributed by atoms with Gasteiger partial charge in [-0.2, -0.15) is 0 Å². The lowest BCUT2D eigenvalue weighted by Gasteiger charge is -2.08. The molecule has 13 heavy (non-hydrogen) atoms. The summed E-state index contributed by atoms with van der Waals surface area (Å²) in [5.74, 6) is 0.0660. The molecule has 0 atom stereocenters. The molecule has 1 fully saturated rings. The van der Waals surface area contributed by atoms with E-state index in [1.165, 1.54) is 12.8 Å². The fourth-order valence-electron chi connectivity index (χ4n) is 1.18. The molecule has 1 aromatic rings. The predicted octanol–water partition coefficient (Wildman–Crippen LogP) is 0.940. The molecule has 0 aromatic carbocycles. The van der Waals surface area contributed by atoms with Gasteiger partial charge in [0.25, 0.3) is 0 Å². The zero-order chi connectivity index (χ0) is 9.26. The van der Waals surface area contributed by atoms with Gasteiger partial charge in [-0.1, -0.05) is 0 Å². The highest BCUT2D eigenvalue weighted by molar-refractivity contribution is 5.99. The van der Waals surface area contributed by atoms with E-state index in [2.05, 4.69) is 10.3 Å². The number of anilines is 1. The number of nitrogen functional groups attached to an aromatic ring is 1. The molecule has 1 aliphatic rings. The summed E-state index contributed by atoms with van der Waals surface area (Å²) in [6.07, 6.45) is 5.74. The summed E-state index contributed by atoms with van der Waals surface area (Å²) in [7, 11) is 0. The molecule has 0 unspecified atom stereocenters. The second-order valence-corrected chi connectivity index (χ2v) is 3.25. The van der Waals surface area contributed by atoms with Gasteiger partial charge >= 0.3 is 0 Å². The monoisotopic (exact) mass is 176 g/mol. The van der Waals surface area contributed by atoms with E-state index >= 15 is 0 Å². The van der Waals surface area contributed by atoms with Crippen molar-refractivity contribution >= 4 is 11.5 Å². The first kappa shape index (κ1) is 8.04. The number of nitrogens with zero attached hydrogens (tertiary/aromatic N) is 1. The number of nitrogens with two attached hydrogens (primary N) is 1. The van der Waals surface area contributed by atoms with Crippen molar-refractivity contribution in [1.29, 1.82) is 5.41 Å². The van der Waals surface area contributed by atoms with Gasteiger partial charge in [-0.15, -0.1) is 0 Å². The average molecular weight is 176 g/mol. The van der Waals surface area contributed by atoms with Crippen LogP contribution in [0.4, 0.5) is 5.69 Å². The van der Waals surface area contributed by atoms with Gasteiger partial charge in [0.15, 0.2) is 0 Å². The molecule has 1 heterocycles. The van der Waals surface area contributed by atoms with Gasteiger partial charge in [-0.3, -0.25) is 10.4 Å². The highest BCUT2D eigenvalue weighted by Gasteiger charge is 2.22. The second kappa shape index (κ2) is 3.05. The van der Waals surface area contributed by atoms with E-state index in [1.54, 1.807) is 12.4 Å². The number of aromatic nitrogens is 1. The fraction of sp³-hybridized carbons (Fsp3) is 0.333. The third kappa shape index (κ3) is 1.77. The molecular formula is C9H12N4. The van der Waals surface area contributed by atoms with E-state index in [1.807, 2.05) is 6.07 Å². The Morgan fingerprint density at radius 2 is 2.38 bits per heavy atom. The van der Waals surface area contributed by atoms with Crippen LogP contribution in [0.5, 0.6) is 0 Å². The Kier molecular flexibility index (Phi) is 1.88. The van der Waals surface area contributed by atoms with Crippen LogP contribution in [0.3, 0.4) is 0 Å². The number of hydrogen-bond acceptors (Lipinski definition) is 3. The quantitative estimate of drug-likeness (QED) is 0.474. The van der Waals surface area contributed by atoms with Gasteiger partial charge in [0.1, 0.15) is 5.84 Å². The standard InChI is InChI=1S/C9H12N4/c10-9(11)7-5-12-4-3-8(7)13-6-1-2-6/h3-6H,1-2H2,(H3,10,11)(H,12,13). The summed E-state index contributed by atoms with van der Waals surface area (Å²) in [6.45, 7) is 0. The second-order valence-electron chi connectivity index (χ2n) is 3.25. The Morgan fingerprint density at radius 1 is 1.62 bits per heavy atom. The normalized spacial score (nSPS) is 15.4. The van der Waals surface area contributed by atoms with Crippen LogP contribution in [-0.2, 0) is 0 Å². The van der Waals surface area contributed by atoms with E-state index in [0.717, 1.165) is 5.69 Å². The number of nitrogens with one attached hydrogen (secondary N) is 2. The number of amidine groups is 1. The zero-order valence-electron chi connectivity index (χ0n) is 7.25. The molecule has 68 valence electrons. The third-order valence-corrected chi connectivity index (χ3v) is 2.05. The molecule has 0 spiro atoms. The molecule has 0 aliphatic heterocycles. The van der Waals surface area contributed by atoms with Crippen molar-refractivity contribution in [2.24, 2.45) is 5.73 Å². The van der Waals surface area contributed by atoms with E-state index in [0.29, 0.717) is 11.6 Å². The van der Waals surface area contributed by atoms with E-state index < -0.39 is 0 Å². The molecule has 1 aliphatic carbocycles. The Bertz CT molecular complexity index is 330. The van der Waals surface area contributed by atoms with Crippen LogP contribution < -0.4 is 11.1 Å². The summed E-state index contributed by atoms with van der Waals surface area (Å²) < 4.78 is 0. The lowest BCUT2D eigenvalue weighted by molar-refractivity contribution is 1.14. The average Bonchev–Trinajstić information content (AvgIpc) is 2.89. The fourth-order valence-corrected chi connectivity index (χ4v) is 1.18. The number of pyridine rings is 1. The summed E-state index contributed by atoms with van der Waals surface area (Å²) in [4.78, 5) is 3.93. The van der Waals surface area contributed by atoms with Crippen molar-refractivity contribution in [3.8, 4) is 0 Å². The minimum absolute atomic E-state index is 0.0660. The molecule has 0 saturated heterocycles. The van der Waals surface area contributed by atoms with Crippen molar-refractivity contribution in [2.45, 2.75) is 18.9 Å². The SMILES string of the molecule is N=C(N)c1cnccc1NC1CC1. The minimum atomic E-state index is 0.0660. The van der Waals surface area contributed by atoms with E-state index in [4.69, 9.17) is 11.1 Å². The summed E-state index contributed by atoms with van der Waals surface area (Å²) in [6, 6.07) is 2.43. The van der Waals surface area contributed by atoms with Gasteiger partial charge < -0.3 is 11.1 Å². The van der Waals surface area contributed by atoms with Crippen LogP contribution in [0.2, 0.25) is 0 Å².